The molecule has 0 unspecified atom stereocenters. The van der Waals surface area contributed by atoms with E-state index in [1.54, 1.807) is 7.11 Å². The van der Waals surface area contributed by atoms with Gasteiger partial charge in [0, 0.05) is 61.8 Å². The minimum Gasteiger partial charge on any atom is -0.383 e. The van der Waals surface area contributed by atoms with Gasteiger partial charge >= 0.3 is 0 Å². The summed E-state index contributed by atoms with van der Waals surface area (Å²) in [7, 11) is 3.75. The minimum absolute atomic E-state index is 0.603. The largest absolute Gasteiger partial charge is 0.383 e. The first-order chi connectivity index (χ1) is 14.2. The van der Waals surface area contributed by atoms with Crippen LogP contribution in [0, 0.1) is 0 Å². The Morgan fingerprint density at radius 3 is 2.72 bits per heavy atom. The van der Waals surface area contributed by atoms with Crippen LogP contribution in [-0.2, 0) is 11.8 Å². The smallest absolute Gasteiger partial charge is 0.137 e. The molecule has 1 fully saturated rings. The standard InChI is InChI=1S/C23H33N5O/c1-4-9-28(10-11-29-3)20-7-5-17(6-8-20)18-12-21-22(15-25-23(21)24-13-18)19-14-26-27(2)16-19/h12-17,20H,4-11H2,1-3H3,(H,24,25). The zero-order valence-electron chi connectivity index (χ0n) is 17.9. The number of hydrogen-bond acceptors (Lipinski definition) is 4. The van der Waals surface area contributed by atoms with Crippen LogP contribution in [0.3, 0.4) is 0 Å². The summed E-state index contributed by atoms with van der Waals surface area (Å²) in [5.74, 6) is 0.603. The van der Waals surface area contributed by atoms with Crippen molar-refractivity contribution in [2.75, 3.05) is 26.8 Å². The molecule has 6 heteroatoms. The third kappa shape index (κ3) is 4.38. The van der Waals surface area contributed by atoms with E-state index < -0.39 is 0 Å². The Balaban J connectivity index is 1.48. The van der Waals surface area contributed by atoms with E-state index in [2.05, 4.69) is 40.4 Å². The molecule has 29 heavy (non-hydrogen) atoms. The molecule has 3 aromatic heterocycles. The molecule has 1 saturated carbocycles. The monoisotopic (exact) mass is 395 g/mol. The highest BCUT2D eigenvalue weighted by molar-refractivity contribution is 5.93. The summed E-state index contributed by atoms with van der Waals surface area (Å²) in [6.45, 7) is 5.31. The summed E-state index contributed by atoms with van der Waals surface area (Å²) >= 11 is 0. The van der Waals surface area contributed by atoms with Gasteiger partial charge in [-0.15, -0.1) is 0 Å². The van der Waals surface area contributed by atoms with Gasteiger partial charge in [-0.05, 0) is 56.2 Å². The van der Waals surface area contributed by atoms with Crippen LogP contribution < -0.4 is 0 Å². The van der Waals surface area contributed by atoms with Crippen molar-refractivity contribution in [1.82, 2.24) is 24.6 Å². The average molecular weight is 396 g/mol. The van der Waals surface area contributed by atoms with Crippen LogP contribution in [0.25, 0.3) is 22.2 Å². The lowest BCUT2D eigenvalue weighted by Crippen LogP contribution is -2.40. The zero-order valence-corrected chi connectivity index (χ0v) is 17.9. The minimum atomic E-state index is 0.603. The molecule has 3 heterocycles. The van der Waals surface area contributed by atoms with Crippen molar-refractivity contribution in [2.45, 2.75) is 51.0 Å². The van der Waals surface area contributed by atoms with Crippen molar-refractivity contribution in [1.29, 1.82) is 0 Å². The first kappa shape index (κ1) is 20.1. The Kier molecular flexibility index (Phi) is 6.31. The van der Waals surface area contributed by atoms with Crippen LogP contribution >= 0.6 is 0 Å². The predicted octanol–water partition coefficient (Wildman–Crippen LogP) is 4.35. The predicted molar refractivity (Wildman–Crippen MR) is 117 cm³/mol. The maximum Gasteiger partial charge on any atom is 0.137 e. The first-order valence-electron chi connectivity index (χ1n) is 10.9. The van der Waals surface area contributed by atoms with Gasteiger partial charge in [-0.3, -0.25) is 9.58 Å². The van der Waals surface area contributed by atoms with Crippen molar-refractivity contribution >= 4 is 11.0 Å². The summed E-state index contributed by atoms with van der Waals surface area (Å²) in [6, 6.07) is 3.04. The molecule has 1 aliphatic rings. The average Bonchev–Trinajstić information content (AvgIpc) is 3.36. The highest BCUT2D eigenvalue weighted by Crippen LogP contribution is 2.37. The SMILES string of the molecule is CCCN(CCOC)C1CCC(c2cnc3[nH]cc(-c4cnn(C)c4)c3c2)CC1. The molecule has 3 aromatic rings. The van der Waals surface area contributed by atoms with Gasteiger partial charge in [0.05, 0.1) is 12.8 Å². The van der Waals surface area contributed by atoms with Gasteiger partial charge in [-0.1, -0.05) is 6.92 Å². The lowest BCUT2D eigenvalue weighted by Gasteiger charge is -2.37. The number of aromatic nitrogens is 4. The van der Waals surface area contributed by atoms with Crippen molar-refractivity contribution in [3.63, 3.8) is 0 Å². The van der Waals surface area contributed by atoms with E-state index in [0.717, 1.165) is 24.4 Å². The first-order valence-corrected chi connectivity index (χ1v) is 10.9. The van der Waals surface area contributed by atoms with Gasteiger partial charge in [0.2, 0.25) is 0 Å². The fraction of sp³-hybridized carbons (Fsp3) is 0.565. The molecule has 156 valence electrons. The van der Waals surface area contributed by atoms with E-state index >= 15 is 0 Å². The number of aromatic amines is 1. The van der Waals surface area contributed by atoms with Crippen molar-refractivity contribution in [3.05, 3.63) is 36.4 Å². The second kappa shape index (κ2) is 9.09. The fourth-order valence-corrected chi connectivity index (χ4v) is 4.79. The van der Waals surface area contributed by atoms with Crippen LogP contribution in [0.5, 0.6) is 0 Å². The number of H-pyrrole nitrogens is 1. The summed E-state index contributed by atoms with van der Waals surface area (Å²) in [4.78, 5) is 10.7. The number of aryl methyl sites for hydroxylation is 1. The maximum atomic E-state index is 5.32. The normalized spacial score (nSPS) is 20.0. The van der Waals surface area contributed by atoms with Gasteiger partial charge in [-0.25, -0.2) is 4.98 Å². The van der Waals surface area contributed by atoms with Gasteiger partial charge in [0.25, 0.3) is 0 Å². The highest BCUT2D eigenvalue weighted by Gasteiger charge is 2.26. The molecule has 0 aliphatic heterocycles. The molecule has 0 saturated heterocycles. The third-order valence-corrected chi connectivity index (χ3v) is 6.35. The molecule has 6 nitrogen and oxygen atoms in total. The number of rotatable bonds is 8. The van der Waals surface area contributed by atoms with Gasteiger partial charge in [-0.2, -0.15) is 5.10 Å². The molecule has 0 atom stereocenters. The van der Waals surface area contributed by atoms with Crippen molar-refractivity contribution < 1.29 is 4.74 Å². The fourth-order valence-electron chi connectivity index (χ4n) is 4.79. The number of ether oxygens (including phenoxy) is 1. The zero-order chi connectivity index (χ0) is 20.2. The van der Waals surface area contributed by atoms with Crippen LogP contribution in [0.2, 0.25) is 0 Å². The topological polar surface area (TPSA) is 59.0 Å². The summed E-state index contributed by atoms with van der Waals surface area (Å²) in [6.07, 6.45) is 14.3. The molecule has 0 spiro atoms. The highest BCUT2D eigenvalue weighted by atomic mass is 16.5. The second-order valence-corrected chi connectivity index (χ2v) is 8.30. The second-order valence-electron chi connectivity index (χ2n) is 8.30. The van der Waals surface area contributed by atoms with E-state index in [1.165, 1.54) is 55.2 Å². The van der Waals surface area contributed by atoms with Crippen LogP contribution in [-0.4, -0.2) is 57.5 Å². The Bertz CT molecular complexity index is 922. The molecule has 1 aliphatic carbocycles. The summed E-state index contributed by atoms with van der Waals surface area (Å²) < 4.78 is 7.17. The van der Waals surface area contributed by atoms with Crippen LogP contribution in [0.1, 0.15) is 50.5 Å². The van der Waals surface area contributed by atoms with Crippen molar-refractivity contribution in [2.24, 2.45) is 7.05 Å². The summed E-state index contributed by atoms with van der Waals surface area (Å²) in [5, 5.41) is 5.52. The number of nitrogens with one attached hydrogen (secondary N) is 1. The van der Waals surface area contributed by atoms with Crippen LogP contribution in [0.4, 0.5) is 0 Å². The Morgan fingerprint density at radius 1 is 1.21 bits per heavy atom. The van der Waals surface area contributed by atoms with E-state index in [-0.39, 0.29) is 0 Å². The lowest BCUT2D eigenvalue weighted by molar-refractivity contribution is 0.0990. The van der Waals surface area contributed by atoms with Gasteiger partial charge in [0.15, 0.2) is 0 Å². The molecule has 0 aromatic carbocycles. The molecular weight excluding hydrogens is 362 g/mol. The molecular formula is C23H33N5O. The van der Waals surface area contributed by atoms with Crippen molar-refractivity contribution in [3.8, 4) is 11.1 Å². The molecule has 0 radical (unpaired) electrons. The van der Waals surface area contributed by atoms with Gasteiger partial charge < -0.3 is 9.72 Å². The van der Waals surface area contributed by atoms with E-state index in [0.29, 0.717) is 12.0 Å². The molecule has 1 N–H and O–H groups in total. The maximum absolute atomic E-state index is 5.32. The van der Waals surface area contributed by atoms with E-state index in [4.69, 9.17) is 9.72 Å². The number of hydrogen-bond donors (Lipinski definition) is 1. The number of pyridine rings is 1. The van der Waals surface area contributed by atoms with Gasteiger partial charge in [0.1, 0.15) is 5.65 Å². The van der Waals surface area contributed by atoms with E-state index in [1.807, 2.05) is 24.1 Å². The third-order valence-electron chi connectivity index (χ3n) is 6.35. The molecule has 0 amide bonds. The molecule has 0 bridgehead atoms. The lowest BCUT2D eigenvalue weighted by atomic mass is 9.81. The number of nitrogens with zero attached hydrogens (tertiary/aromatic N) is 4. The Hall–Kier alpha value is -2.18. The Labute approximate surface area is 173 Å². The Morgan fingerprint density at radius 2 is 2.03 bits per heavy atom. The van der Waals surface area contributed by atoms with E-state index in [9.17, 15) is 0 Å². The summed E-state index contributed by atoms with van der Waals surface area (Å²) in [5.41, 5.74) is 4.65. The molecule has 4 rings (SSSR count). The quantitative estimate of drug-likeness (QED) is 0.616. The van der Waals surface area contributed by atoms with Crippen LogP contribution in [0.15, 0.2) is 30.9 Å². The number of fused-ring (bicyclic) bond motifs is 1. The number of methoxy groups -OCH3 is 1.